The van der Waals surface area contributed by atoms with Crippen molar-refractivity contribution in [1.82, 2.24) is 0 Å². The molecule has 7 unspecified atom stereocenters. The molecule has 1 aromatic rings. The minimum absolute atomic E-state index is 0.0172. The standard InChI is InChI=1S/C29H36O6/c1-18-10-13-24-28(3,22(18)12-11-21-23(34-19(2)30)16-32-26(21)31)15-14-25-29(24,4)17-33-27(35-25)20-8-6-5-7-9-20/h5-9,11,22-25,27H,1,10,12-17H2,2-4H3/b21-11+. The number of rotatable bonds is 4. The fourth-order valence-corrected chi connectivity index (χ4v) is 7.27. The molecular weight excluding hydrogens is 444 g/mol. The smallest absolute Gasteiger partial charge is 0.337 e. The molecule has 4 aliphatic rings. The summed E-state index contributed by atoms with van der Waals surface area (Å²) in [7, 11) is 0. The zero-order valence-corrected chi connectivity index (χ0v) is 21.0. The highest BCUT2D eigenvalue weighted by atomic mass is 16.7. The van der Waals surface area contributed by atoms with Crippen molar-refractivity contribution in [2.45, 2.75) is 71.4 Å². The molecule has 0 radical (unpaired) electrons. The Kier molecular flexibility index (Phi) is 6.39. The molecule has 2 aliphatic carbocycles. The second-order valence-corrected chi connectivity index (χ2v) is 11.1. The van der Waals surface area contributed by atoms with Crippen molar-refractivity contribution in [2.75, 3.05) is 13.2 Å². The quantitative estimate of drug-likeness (QED) is 0.331. The molecule has 6 heteroatoms. The fraction of sp³-hybridized carbons (Fsp3) is 0.586. The predicted molar refractivity (Wildman–Crippen MR) is 130 cm³/mol. The fourth-order valence-electron chi connectivity index (χ4n) is 7.27. The van der Waals surface area contributed by atoms with Crippen LogP contribution in [-0.2, 0) is 28.5 Å². The maximum Gasteiger partial charge on any atom is 0.337 e. The molecule has 1 aromatic carbocycles. The first kappa shape index (κ1) is 24.3. The van der Waals surface area contributed by atoms with Crippen LogP contribution >= 0.6 is 0 Å². The number of hydrogen-bond donors (Lipinski definition) is 0. The Morgan fingerprint density at radius 1 is 1.20 bits per heavy atom. The van der Waals surface area contributed by atoms with Gasteiger partial charge in [0.2, 0.25) is 0 Å². The van der Waals surface area contributed by atoms with Crippen molar-refractivity contribution in [3.63, 3.8) is 0 Å². The number of ether oxygens (including phenoxy) is 4. The molecule has 2 aliphatic heterocycles. The van der Waals surface area contributed by atoms with Crippen molar-refractivity contribution in [3.05, 3.63) is 59.7 Å². The lowest BCUT2D eigenvalue weighted by molar-refractivity contribution is -0.307. The number of fused-ring (bicyclic) bond motifs is 3. The molecule has 2 saturated heterocycles. The molecule has 2 heterocycles. The average Bonchev–Trinajstić information content (AvgIpc) is 3.17. The summed E-state index contributed by atoms with van der Waals surface area (Å²) in [5.41, 5.74) is 2.68. The van der Waals surface area contributed by atoms with Gasteiger partial charge in [-0.2, -0.15) is 0 Å². The number of allylic oxidation sites excluding steroid dienone is 2. The molecule has 0 aromatic heterocycles. The summed E-state index contributed by atoms with van der Waals surface area (Å²) in [5.74, 6) is -0.161. The molecule has 7 atom stereocenters. The van der Waals surface area contributed by atoms with Crippen LogP contribution in [0.4, 0.5) is 0 Å². The maximum atomic E-state index is 12.3. The summed E-state index contributed by atoms with van der Waals surface area (Å²) in [6.45, 7) is 11.3. The van der Waals surface area contributed by atoms with Gasteiger partial charge in [0.05, 0.1) is 18.3 Å². The zero-order valence-electron chi connectivity index (χ0n) is 21.0. The van der Waals surface area contributed by atoms with Gasteiger partial charge >= 0.3 is 11.9 Å². The molecule has 35 heavy (non-hydrogen) atoms. The van der Waals surface area contributed by atoms with Crippen LogP contribution in [0.5, 0.6) is 0 Å². The minimum atomic E-state index is -0.622. The lowest BCUT2D eigenvalue weighted by Crippen LogP contribution is -2.60. The largest absolute Gasteiger partial charge is 0.458 e. The van der Waals surface area contributed by atoms with Gasteiger partial charge in [0.15, 0.2) is 12.4 Å². The summed E-state index contributed by atoms with van der Waals surface area (Å²) >= 11 is 0. The number of esters is 2. The van der Waals surface area contributed by atoms with E-state index < -0.39 is 18.0 Å². The summed E-state index contributed by atoms with van der Waals surface area (Å²) in [5, 5.41) is 0. The third-order valence-electron chi connectivity index (χ3n) is 9.05. The number of benzene rings is 1. The molecule has 5 rings (SSSR count). The van der Waals surface area contributed by atoms with Gasteiger partial charge in [0.1, 0.15) is 6.61 Å². The Balaban J connectivity index is 1.36. The van der Waals surface area contributed by atoms with Crippen LogP contribution in [-0.4, -0.2) is 37.4 Å². The van der Waals surface area contributed by atoms with Crippen LogP contribution in [0.3, 0.4) is 0 Å². The average molecular weight is 481 g/mol. The lowest BCUT2D eigenvalue weighted by Gasteiger charge is -2.62. The molecule has 6 nitrogen and oxygen atoms in total. The van der Waals surface area contributed by atoms with Gasteiger partial charge in [-0.1, -0.05) is 62.4 Å². The first-order valence-corrected chi connectivity index (χ1v) is 12.8. The monoisotopic (exact) mass is 480 g/mol. The number of cyclic esters (lactones) is 1. The third kappa shape index (κ3) is 4.25. The molecule has 188 valence electrons. The molecule has 0 amide bonds. The molecule has 0 N–H and O–H groups in total. The first-order valence-electron chi connectivity index (χ1n) is 12.8. The Morgan fingerprint density at radius 3 is 2.71 bits per heavy atom. The molecule has 4 fully saturated rings. The van der Waals surface area contributed by atoms with Crippen molar-refractivity contribution in [1.29, 1.82) is 0 Å². The number of carbonyl (C=O) groups excluding carboxylic acids is 2. The normalized spacial score (nSPS) is 40.1. The topological polar surface area (TPSA) is 71.1 Å². The van der Waals surface area contributed by atoms with E-state index in [9.17, 15) is 9.59 Å². The van der Waals surface area contributed by atoms with E-state index in [0.717, 1.165) is 31.2 Å². The first-order chi connectivity index (χ1) is 16.7. The van der Waals surface area contributed by atoms with Crippen LogP contribution < -0.4 is 0 Å². The van der Waals surface area contributed by atoms with Gasteiger partial charge in [-0.15, -0.1) is 0 Å². The number of carbonyl (C=O) groups is 2. The second-order valence-electron chi connectivity index (χ2n) is 11.1. The van der Waals surface area contributed by atoms with E-state index in [1.807, 2.05) is 24.3 Å². The number of hydrogen-bond acceptors (Lipinski definition) is 6. The Hall–Kier alpha value is -2.44. The van der Waals surface area contributed by atoms with E-state index in [1.165, 1.54) is 12.5 Å². The van der Waals surface area contributed by atoms with Gasteiger partial charge in [-0.3, -0.25) is 4.79 Å². The van der Waals surface area contributed by atoms with E-state index in [-0.39, 0.29) is 35.7 Å². The van der Waals surface area contributed by atoms with Crippen molar-refractivity contribution >= 4 is 11.9 Å². The predicted octanol–water partition coefficient (Wildman–Crippen LogP) is 5.29. The van der Waals surface area contributed by atoms with Gasteiger partial charge in [-0.25, -0.2) is 4.79 Å². The van der Waals surface area contributed by atoms with E-state index in [0.29, 0.717) is 24.5 Å². The van der Waals surface area contributed by atoms with E-state index >= 15 is 0 Å². The van der Waals surface area contributed by atoms with Crippen molar-refractivity contribution < 1.29 is 28.5 Å². The highest BCUT2D eigenvalue weighted by molar-refractivity contribution is 5.92. The van der Waals surface area contributed by atoms with Crippen LogP contribution in [0.1, 0.15) is 64.7 Å². The summed E-state index contributed by atoms with van der Waals surface area (Å²) in [6, 6.07) is 10.2. The summed E-state index contributed by atoms with van der Waals surface area (Å²) in [4.78, 5) is 23.8. The SMILES string of the molecule is C=C1CCC2C3(C)COC(c4ccccc4)OC3CCC2(C)C1C/C=C1/C(=O)OCC1OC(C)=O. The van der Waals surface area contributed by atoms with E-state index in [4.69, 9.17) is 18.9 Å². The van der Waals surface area contributed by atoms with Gasteiger partial charge in [0, 0.05) is 17.9 Å². The van der Waals surface area contributed by atoms with E-state index in [2.05, 4.69) is 32.6 Å². The van der Waals surface area contributed by atoms with Gasteiger partial charge < -0.3 is 18.9 Å². The lowest BCUT2D eigenvalue weighted by atomic mass is 9.46. The highest BCUT2D eigenvalue weighted by Gasteiger charge is 2.60. The second kappa shape index (κ2) is 9.21. The summed E-state index contributed by atoms with van der Waals surface area (Å²) < 4.78 is 23.4. The molecule has 0 bridgehead atoms. The van der Waals surface area contributed by atoms with Crippen LogP contribution in [0.25, 0.3) is 0 Å². The summed E-state index contributed by atoms with van der Waals surface area (Å²) in [6.07, 6.45) is 5.84. The Bertz CT molecular complexity index is 1030. The van der Waals surface area contributed by atoms with Gasteiger partial charge in [0.25, 0.3) is 0 Å². The van der Waals surface area contributed by atoms with Gasteiger partial charge in [-0.05, 0) is 49.4 Å². The minimum Gasteiger partial charge on any atom is -0.458 e. The van der Waals surface area contributed by atoms with E-state index in [1.54, 1.807) is 0 Å². The Morgan fingerprint density at radius 2 is 1.97 bits per heavy atom. The van der Waals surface area contributed by atoms with Crippen molar-refractivity contribution in [2.24, 2.45) is 22.7 Å². The zero-order chi connectivity index (χ0) is 24.8. The highest BCUT2D eigenvalue weighted by Crippen LogP contribution is 2.63. The molecule has 0 spiro atoms. The molecule has 2 saturated carbocycles. The molecular formula is C29H36O6. The van der Waals surface area contributed by atoms with Crippen molar-refractivity contribution in [3.8, 4) is 0 Å². The third-order valence-corrected chi connectivity index (χ3v) is 9.05. The van der Waals surface area contributed by atoms with Crippen LogP contribution in [0.15, 0.2) is 54.1 Å². The van der Waals surface area contributed by atoms with Crippen LogP contribution in [0.2, 0.25) is 0 Å². The Labute approximate surface area is 207 Å². The van der Waals surface area contributed by atoms with Crippen LogP contribution in [0, 0.1) is 22.7 Å². The maximum absolute atomic E-state index is 12.3.